The van der Waals surface area contributed by atoms with Crippen molar-refractivity contribution in [3.8, 4) is 0 Å². The number of hydrogen-bond acceptors (Lipinski definition) is 3. The van der Waals surface area contributed by atoms with E-state index in [1.165, 1.54) is 12.3 Å². The van der Waals surface area contributed by atoms with Crippen LogP contribution in [0.5, 0.6) is 0 Å². The minimum Gasteiger partial charge on any atom is -0.314 e. The first-order chi connectivity index (χ1) is 4.47. The molecule has 2 saturated heterocycles. The fourth-order valence-electron chi connectivity index (χ4n) is 1.31. The lowest BCUT2D eigenvalue weighted by molar-refractivity contribution is 0.554. The SMILES string of the molecule is C1CNC2CSC2CN1. The van der Waals surface area contributed by atoms with Crippen molar-refractivity contribution >= 4 is 11.8 Å². The summed E-state index contributed by atoms with van der Waals surface area (Å²) in [6, 6.07) is 0.824. The summed E-state index contributed by atoms with van der Waals surface area (Å²) in [7, 11) is 0. The van der Waals surface area contributed by atoms with E-state index in [1.54, 1.807) is 0 Å². The molecule has 0 aromatic carbocycles. The van der Waals surface area contributed by atoms with E-state index in [0.717, 1.165) is 24.4 Å². The zero-order valence-electron chi connectivity index (χ0n) is 5.39. The molecule has 0 aromatic heterocycles. The maximum atomic E-state index is 3.50. The molecule has 52 valence electrons. The molecule has 2 rings (SSSR count). The van der Waals surface area contributed by atoms with E-state index < -0.39 is 0 Å². The van der Waals surface area contributed by atoms with E-state index in [1.807, 2.05) is 0 Å². The van der Waals surface area contributed by atoms with E-state index in [0.29, 0.717) is 0 Å². The number of rotatable bonds is 0. The van der Waals surface area contributed by atoms with Gasteiger partial charge in [-0.2, -0.15) is 11.8 Å². The molecule has 0 radical (unpaired) electrons. The lowest BCUT2D eigenvalue weighted by Gasteiger charge is -2.34. The second-order valence-electron chi connectivity index (χ2n) is 2.64. The number of thioether (sulfide) groups is 1. The second kappa shape index (κ2) is 2.48. The molecule has 0 aromatic rings. The van der Waals surface area contributed by atoms with E-state index in [9.17, 15) is 0 Å². The normalized spacial score (nSPS) is 42.7. The molecule has 2 nitrogen and oxygen atoms in total. The van der Waals surface area contributed by atoms with Crippen molar-refractivity contribution in [1.29, 1.82) is 0 Å². The van der Waals surface area contributed by atoms with Crippen molar-refractivity contribution in [3.05, 3.63) is 0 Å². The molecule has 2 heterocycles. The molecule has 2 aliphatic heterocycles. The number of nitrogens with one attached hydrogen (secondary N) is 2. The molecule has 9 heavy (non-hydrogen) atoms. The van der Waals surface area contributed by atoms with Gasteiger partial charge in [-0.3, -0.25) is 0 Å². The summed E-state index contributed by atoms with van der Waals surface area (Å²) < 4.78 is 0. The largest absolute Gasteiger partial charge is 0.314 e. The first-order valence-electron chi connectivity index (χ1n) is 3.52. The third kappa shape index (κ3) is 1.09. The van der Waals surface area contributed by atoms with Gasteiger partial charge >= 0.3 is 0 Å². The highest BCUT2D eigenvalue weighted by atomic mass is 32.2. The topological polar surface area (TPSA) is 24.1 Å². The fourth-order valence-corrected chi connectivity index (χ4v) is 2.42. The van der Waals surface area contributed by atoms with E-state index >= 15 is 0 Å². The molecule has 2 unspecified atom stereocenters. The van der Waals surface area contributed by atoms with Gasteiger partial charge in [-0.25, -0.2) is 0 Å². The Morgan fingerprint density at radius 1 is 1.33 bits per heavy atom. The lowest BCUT2D eigenvalue weighted by Crippen LogP contribution is -2.48. The first-order valence-corrected chi connectivity index (χ1v) is 4.57. The number of fused-ring (bicyclic) bond motifs is 1. The Bertz CT molecular complexity index is 95.2. The molecule has 3 heteroatoms. The standard InChI is InChI=1S/C6H12N2S/c1-2-8-5-4-9-6(5)3-7-1/h5-8H,1-4H2. The smallest absolute Gasteiger partial charge is 0.0334 e. The van der Waals surface area contributed by atoms with E-state index in [4.69, 9.17) is 0 Å². The van der Waals surface area contributed by atoms with Crippen LogP contribution >= 0.6 is 11.8 Å². The Morgan fingerprint density at radius 3 is 3.11 bits per heavy atom. The van der Waals surface area contributed by atoms with Gasteiger partial charge in [0.15, 0.2) is 0 Å². The minimum absolute atomic E-state index is 0.824. The van der Waals surface area contributed by atoms with Crippen LogP contribution in [0.3, 0.4) is 0 Å². The summed E-state index contributed by atoms with van der Waals surface area (Å²) in [6.07, 6.45) is 0. The molecule has 0 saturated carbocycles. The third-order valence-electron chi connectivity index (χ3n) is 1.99. The summed E-state index contributed by atoms with van der Waals surface area (Å²) in [5.74, 6) is 1.33. The van der Waals surface area contributed by atoms with Crippen LogP contribution in [0.2, 0.25) is 0 Å². The summed E-state index contributed by atoms with van der Waals surface area (Å²) in [5.41, 5.74) is 0. The molecule has 2 fully saturated rings. The van der Waals surface area contributed by atoms with Crippen molar-refractivity contribution in [2.24, 2.45) is 0 Å². The summed E-state index contributed by atoms with van der Waals surface area (Å²) in [4.78, 5) is 0. The van der Waals surface area contributed by atoms with Crippen LogP contribution in [0.4, 0.5) is 0 Å². The fraction of sp³-hybridized carbons (Fsp3) is 1.00. The van der Waals surface area contributed by atoms with Gasteiger partial charge in [-0.15, -0.1) is 0 Å². The molecule has 2 N–H and O–H groups in total. The van der Waals surface area contributed by atoms with Gasteiger partial charge in [0.1, 0.15) is 0 Å². The molecule has 0 aliphatic carbocycles. The Labute approximate surface area is 59.8 Å². The Balaban J connectivity index is 1.90. The quantitative estimate of drug-likeness (QED) is 0.486. The van der Waals surface area contributed by atoms with Crippen molar-refractivity contribution in [2.45, 2.75) is 11.3 Å². The Morgan fingerprint density at radius 2 is 2.33 bits per heavy atom. The average Bonchev–Trinajstić information content (AvgIpc) is 1.94. The van der Waals surface area contributed by atoms with Crippen LogP contribution < -0.4 is 10.6 Å². The molecular weight excluding hydrogens is 132 g/mol. The van der Waals surface area contributed by atoms with E-state index in [2.05, 4.69) is 22.4 Å². The summed E-state index contributed by atoms with van der Waals surface area (Å²) in [5, 5.41) is 7.76. The highest BCUT2D eigenvalue weighted by Crippen LogP contribution is 2.28. The molecule has 0 bridgehead atoms. The predicted molar refractivity (Wildman–Crippen MR) is 40.9 cm³/mol. The first kappa shape index (κ1) is 6.01. The maximum Gasteiger partial charge on any atom is 0.0334 e. The van der Waals surface area contributed by atoms with Crippen LogP contribution in [-0.4, -0.2) is 36.7 Å². The highest BCUT2D eigenvalue weighted by Gasteiger charge is 2.31. The highest BCUT2D eigenvalue weighted by molar-refractivity contribution is 8.01. The second-order valence-corrected chi connectivity index (χ2v) is 3.91. The average molecular weight is 144 g/mol. The van der Waals surface area contributed by atoms with Crippen molar-refractivity contribution in [1.82, 2.24) is 10.6 Å². The lowest BCUT2D eigenvalue weighted by atomic mass is 10.2. The minimum atomic E-state index is 0.824. The zero-order chi connectivity index (χ0) is 6.10. The maximum absolute atomic E-state index is 3.50. The third-order valence-corrected chi connectivity index (χ3v) is 3.47. The van der Waals surface area contributed by atoms with Crippen LogP contribution in [-0.2, 0) is 0 Å². The zero-order valence-corrected chi connectivity index (χ0v) is 6.21. The molecule has 0 spiro atoms. The monoisotopic (exact) mass is 144 g/mol. The molecule has 2 atom stereocenters. The number of hydrogen-bond donors (Lipinski definition) is 2. The van der Waals surface area contributed by atoms with Crippen molar-refractivity contribution < 1.29 is 0 Å². The molecule has 2 aliphatic rings. The predicted octanol–water partition coefficient (Wildman–Crippen LogP) is -0.337. The van der Waals surface area contributed by atoms with Crippen molar-refractivity contribution in [2.75, 3.05) is 25.4 Å². The summed E-state index contributed by atoms with van der Waals surface area (Å²) in [6.45, 7) is 3.51. The molecule has 0 amide bonds. The van der Waals surface area contributed by atoms with Crippen LogP contribution in [0.25, 0.3) is 0 Å². The van der Waals surface area contributed by atoms with Crippen LogP contribution in [0.1, 0.15) is 0 Å². The van der Waals surface area contributed by atoms with Crippen LogP contribution in [0, 0.1) is 0 Å². The van der Waals surface area contributed by atoms with E-state index in [-0.39, 0.29) is 0 Å². The van der Waals surface area contributed by atoms with Gasteiger partial charge in [-0.1, -0.05) is 0 Å². The van der Waals surface area contributed by atoms with Gasteiger partial charge < -0.3 is 10.6 Å². The van der Waals surface area contributed by atoms with Gasteiger partial charge in [0.25, 0.3) is 0 Å². The molecular formula is C6H12N2S. The van der Waals surface area contributed by atoms with Gasteiger partial charge in [0.2, 0.25) is 0 Å². The Hall–Kier alpha value is 0.270. The van der Waals surface area contributed by atoms with Gasteiger partial charge in [-0.05, 0) is 0 Å². The van der Waals surface area contributed by atoms with Crippen LogP contribution in [0.15, 0.2) is 0 Å². The van der Waals surface area contributed by atoms with Gasteiger partial charge in [0.05, 0.1) is 0 Å². The Kier molecular flexibility index (Phi) is 1.66. The summed E-state index contributed by atoms with van der Waals surface area (Å²) >= 11 is 2.08. The van der Waals surface area contributed by atoms with Crippen molar-refractivity contribution in [3.63, 3.8) is 0 Å². The van der Waals surface area contributed by atoms with Gasteiger partial charge in [0, 0.05) is 36.7 Å².